The maximum Gasteiger partial charge on any atom is 0.216 e. The lowest BCUT2D eigenvalue weighted by Gasteiger charge is -1.91. The number of aromatic nitrogens is 1. The van der Waals surface area contributed by atoms with Crippen LogP contribution in [0.25, 0.3) is 0 Å². The number of nitriles is 1. The minimum absolute atomic E-state index is 0.00231. The molecule has 1 aromatic heterocycles. The monoisotopic (exact) mass is 137 g/mol. The van der Waals surface area contributed by atoms with Crippen LogP contribution in [-0.4, -0.2) is 4.98 Å². The highest BCUT2D eigenvalue weighted by atomic mass is 19.1. The third-order valence-corrected chi connectivity index (χ3v) is 0.931. The van der Waals surface area contributed by atoms with Gasteiger partial charge in [0.1, 0.15) is 11.8 Å². The van der Waals surface area contributed by atoms with Crippen molar-refractivity contribution in [2.75, 3.05) is 5.73 Å². The van der Waals surface area contributed by atoms with Gasteiger partial charge in [0.15, 0.2) is 0 Å². The zero-order valence-corrected chi connectivity index (χ0v) is 5.00. The molecule has 0 saturated heterocycles. The number of hydrogen-bond acceptors (Lipinski definition) is 3. The Balaban J connectivity index is 3.22. The minimum atomic E-state index is -0.725. The Morgan fingerprint density at radius 2 is 2.30 bits per heavy atom. The molecule has 3 nitrogen and oxygen atoms in total. The predicted molar refractivity (Wildman–Crippen MR) is 33.3 cm³/mol. The molecule has 0 atom stereocenters. The highest BCUT2D eigenvalue weighted by Gasteiger charge is 1.96. The van der Waals surface area contributed by atoms with Gasteiger partial charge in [0, 0.05) is 11.8 Å². The molecule has 50 valence electrons. The number of halogens is 1. The Bertz CT molecular complexity index is 269. The molecule has 0 aliphatic rings. The number of pyridine rings is 1. The van der Waals surface area contributed by atoms with Crippen LogP contribution in [-0.2, 0) is 0 Å². The van der Waals surface area contributed by atoms with Crippen molar-refractivity contribution >= 4 is 5.69 Å². The average molecular weight is 137 g/mol. The second-order valence-electron chi connectivity index (χ2n) is 1.72. The van der Waals surface area contributed by atoms with Crippen molar-refractivity contribution in [3.05, 3.63) is 23.8 Å². The van der Waals surface area contributed by atoms with E-state index < -0.39 is 5.95 Å². The Hall–Kier alpha value is -1.63. The summed E-state index contributed by atoms with van der Waals surface area (Å²) in [6.45, 7) is 0. The first-order valence-corrected chi connectivity index (χ1v) is 2.55. The molecule has 4 heteroatoms. The fourth-order valence-corrected chi connectivity index (χ4v) is 0.574. The summed E-state index contributed by atoms with van der Waals surface area (Å²) in [5.41, 5.74) is 5.41. The van der Waals surface area contributed by atoms with Crippen LogP contribution in [0.5, 0.6) is 0 Å². The van der Waals surface area contributed by atoms with E-state index in [4.69, 9.17) is 11.0 Å². The number of anilines is 1. The zero-order chi connectivity index (χ0) is 7.56. The van der Waals surface area contributed by atoms with Crippen LogP contribution < -0.4 is 5.73 Å². The maximum absolute atomic E-state index is 12.3. The van der Waals surface area contributed by atoms with Crippen molar-refractivity contribution in [3.8, 4) is 6.07 Å². The number of nitrogens with two attached hydrogens (primary N) is 1. The second-order valence-corrected chi connectivity index (χ2v) is 1.72. The molecular weight excluding hydrogens is 133 g/mol. The molecule has 1 heterocycles. The summed E-state index contributed by atoms with van der Waals surface area (Å²) >= 11 is 0. The number of nitrogen functional groups attached to an aromatic ring is 1. The molecule has 0 amide bonds. The third kappa shape index (κ3) is 1.20. The highest BCUT2D eigenvalue weighted by Crippen LogP contribution is 2.04. The van der Waals surface area contributed by atoms with Crippen LogP contribution >= 0.6 is 0 Å². The van der Waals surface area contributed by atoms with Gasteiger partial charge < -0.3 is 5.73 Å². The van der Waals surface area contributed by atoms with E-state index in [1.165, 1.54) is 6.07 Å². The second kappa shape index (κ2) is 2.31. The zero-order valence-electron chi connectivity index (χ0n) is 5.00. The smallest absolute Gasteiger partial charge is 0.216 e. The molecule has 2 N–H and O–H groups in total. The molecule has 1 rings (SSSR count). The van der Waals surface area contributed by atoms with Crippen LogP contribution in [0, 0.1) is 17.3 Å². The van der Waals surface area contributed by atoms with E-state index in [0.29, 0.717) is 0 Å². The Morgan fingerprint density at radius 3 is 2.80 bits per heavy atom. The molecule has 0 fully saturated rings. The van der Waals surface area contributed by atoms with Gasteiger partial charge in [0.2, 0.25) is 5.95 Å². The molecule has 0 spiro atoms. The molecule has 0 aromatic carbocycles. The summed E-state index contributed by atoms with van der Waals surface area (Å²) in [4.78, 5) is 3.24. The summed E-state index contributed by atoms with van der Waals surface area (Å²) in [7, 11) is 0. The lowest BCUT2D eigenvalue weighted by molar-refractivity contribution is 0.583. The van der Waals surface area contributed by atoms with E-state index in [1.807, 2.05) is 0 Å². The van der Waals surface area contributed by atoms with Gasteiger partial charge in [0.05, 0.1) is 0 Å². The fraction of sp³-hybridized carbons (Fsp3) is 0. The lowest BCUT2D eigenvalue weighted by atomic mass is 10.3. The third-order valence-electron chi connectivity index (χ3n) is 0.931. The summed E-state index contributed by atoms with van der Waals surface area (Å²) in [5.74, 6) is -0.725. The summed E-state index contributed by atoms with van der Waals surface area (Å²) in [6, 6.07) is 4.04. The van der Waals surface area contributed by atoms with E-state index in [9.17, 15) is 4.39 Å². The maximum atomic E-state index is 12.3. The standard InChI is InChI=1S/C6H4FN3/c7-6-2-4(9)1-5(3-8)10-6/h1-2H,(H2,9,10). The first kappa shape index (κ1) is 6.49. The number of nitrogens with zero attached hydrogens (tertiary/aromatic N) is 2. The normalized spacial score (nSPS) is 8.80. The van der Waals surface area contributed by atoms with Gasteiger partial charge >= 0.3 is 0 Å². The van der Waals surface area contributed by atoms with Gasteiger partial charge in [-0.2, -0.15) is 9.65 Å². The van der Waals surface area contributed by atoms with Gasteiger partial charge in [-0.15, -0.1) is 0 Å². The van der Waals surface area contributed by atoms with Crippen LogP contribution in [0.1, 0.15) is 5.69 Å². The Labute approximate surface area is 56.9 Å². The van der Waals surface area contributed by atoms with E-state index in [-0.39, 0.29) is 11.4 Å². The molecule has 0 saturated carbocycles. The van der Waals surface area contributed by atoms with E-state index in [0.717, 1.165) is 6.07 Å². The summed E-state index contributed by atoms with van der Waals surface area (Å²) < 4.78 is 12.3. The van der Waals surface area contributed by atoms with Crippen molar-refractivity contribution in [1.29, 1.82) is 5.26 Å². The van der Waals surface area contributed by atoms with Crippen LogP contribution in [0.2, 0.25) is 0 Å². The number of rotatable bonds is 0. The van der Waals surface area contributed by atoms with E-state index in [2.05, 4.69) is 4.98 Å². The van der Waals surface area contributed by atoms with Crippen molar-refractivity contribution in [3.63, 3.8) is 0 Å². The first-order valence-electron chi connectivity index (χ1n) is 2.55. The molecule has 1 aromatic rings. The van der Waals surface area contributed by atoms with Crippen molar-refractivity contribution in [1.82, 2.24) is 4.98 Å². The molecule has 0 radical (unpaired) electrons. The van der Waals surface area contributed by atoms with E-state index >= 15 is 0 Å². The Kier molecular flexibility index (Phi) is 1.50. The van der Waals surface area contributed by atoms with Crippen LogP contribution in [0.4, 0.5) is 10.1 Å². The molecule has 0 unspecified atom stereocenters. The van der Waals surface area contributed by atoms with Gasteiger partial charge in [0.25, 0.3) is 0 Å². The predicted octanol–water partition coefficient (Wildman–Crippen LogP) is 0.675. The Morgan fingerprint density at radius 1 is 1.60 bits per heavy atom. The largest absolute Gasteiger partial charge is 0.399 e. The fourth-order valence-electron chi connectivity index (χ4n) is 0.574. The quantitative estimate of drug-likeness (QED) is 0.534. The molecule has 10 heavy (non-hydrogen) atoms. The molecular formula is C6H4FN3. The topological polar surface area (TPSA) is 62.7 Å². The lowest BCUT2D eigenvalue weighted by Crippen LogP contribution is -1.92. The van der Waals surface area contributed by atoms with Crippen LogP contribution in [0.15, 0.2) is 12.1 Å². The average Bonchev–Trinajstić information content (AvgIpc) is 1.85. The van der Waals surface area contributed by atoms with Crippen molar-refractivity contribution in [2.45, 2.75) is 0 Å². The van der Waals surface area contributed by atoms with Gasteiger partial charge in [-0.25, -0.2) is 4.98 Å². The van der Waals surface area contributed by atoms with Gasteiger partial charge in [-0.05, 0) is 6.07 Å². The molecule has 0 bridgehead atoms. The summed E-state index contributed by atoms with van der Waals surface area (Å²) in [5, 5.41) is 8.25. The van der Waals surface area contributed by atoms with Gasteiger partial charge in [-0.1, -0.05) is 0 Å². The molecule has 0 aliphatic carbocycles. The first-order chi connectivity index (χ1) is 4.72. The number of hydrogen-bond donors (Lipinski definition) is 1. The highest BCUT2D eigenvalue weighted by molar-refractivity contribution is 5.41. The minimum Gasteiger partial charge on any atom is -0.399 e. The van der Waals surface area contributed by atoms with Gasteiger partial charge in [-0.3, -0.25) is 0 Å². The van der Waals surface area contributed by atoms with Crippen LogP contribution in [0.3, 0.4) is 0 Å². The SMILES string of the molecule is N#Cc1cc(N)cc(F)n1. The van der Waals surface area contributed by atoms with Crippen molar-refractivity contribution < 1.29 is 4.39 Å². The van der Waals surface area contributed by atoms with Crippen molar-refractivity contribution in [2.24, 2.45) is 0 Å². The molecule has 0 aliphatic heterocycles. The van der Waals surface area contributed by atoms with E-state index in [1.54, 1.807) is 6.07 Å². The summed E-state index contributed by atoms with van der Waals surface area (Å²) in [6.07, 6.45) is 0.